The normalized spacial score (nSPS) is 20.6. The number of nitrogens with zero attached hydrogens (tertiary/aromatic N) is 1. The van der Waals surface area contributed by atoms with Crippen molar-refractivity contribution >= 4 is 12.4 Å². The van der Waals surface area contributed by atoms with Crippen molar-refractivity contribution < 1.29 is 17.6 Å². The number of alkyl halides is 3. The van der Waals surface area contributed by atoms with E-state index in [4.69, 9.17) is 0 Å². The molecule has 20 heavy (non-hydrogen) atoms. The van der Waals surface area contributed by atoms with Crippen LogP contribution in [-0.4, -0.2) is 30.6 Å². The van der Waals surface area contributed by atoms with E-state index >= 15 is 0 Å². The Hall–Kier alpha value is -0.850. The summed E-state index contributed by atoms with van der Waals surface area (Å²) in [6, 6.07) is 2.84. The molecule has 1 saturated heterocycles. The number of benzene rings is 1. The van der Waals surface area contributed by atoms with Crippen LogP contribution in [0.3, 0.4) is 0 Å². The van der Waals surface area contributed by atoms with Gasteiger partial charge >= 0.3 is 6.18 Å². The number of hydrogen-bond donors (Lipinski definition) is 1. The Labute approximate surface area is 121 Å². The summed E-state index contributed by atoms with van der Waals surface area (Å²) in [5.41, 5.74) is -0.698. The van der Waals surface area contributed by atoms with Crippen LogP contribution in [-0.2, 0) is 12.7 Å². The zero-order valence-electron chi connectivity index (χ0n) is 11.0. The van der Waals surface area contributed by atoms with Crippen LogP contribution in [0.5, 0.6) is 0 Å². The molecule has 0 bridgehead atoms. The summed E-state index contributed by atoms with van der Waals surface area (Å²) in [7, 11) is 0. The van der Waals surface area contributed by atoms with E-state index in [-0.39, 0.29) is 30.6 Å². The summed E-state index contributed by atoms with van der Waals surface area (Å²) in [6.45, 7) is 4.38. The first-order valence-corrected chi connectivity index (χ1v) is 6.17. The second-order valence-electron chi connectivity index (χ2n) is 4.89. The predicted molar refractivity (Wildman–Crippen MR) is 71.4 cm³/mol. The lowest BCUT2D eigenvalue weighted by atomic mass is 10.1. The van der Waals surface area contributed by atoms with Crippen LogP contribution in [0.25, 0.3) is 0 Å². The van der Waals surface area contributed by atoms with Gasteiger partial charge in [0, 0.05) is 37.8 Å². The molecule has 1 aliphatic rings. The summed E-state index contributed by atoms with van der Waals surface area (Å²) in [5.74, 6) is -0.584. The Morgan fingerprint density at radius 2 is 2.05 bits per heavy atom. The largest absolute Gasteiger partial charge is 0.416 e. The zero-order valence-corrected chi connectivity index (χ0v) is 11.8. The van der Waals surface area contributed by atoms with Gasteiger partial charge in [-0.15, -0.1) is 12.4 Å². The summed E-state index contributed by atoms with van der Waals surface area (Å²) >= 11 is 0. The zero-order chi connectivity index (χ0) is 14.0. The molecule has 0 saturated carbocycles. The van der Waals surface area contributed by atoms with Gasteiger partial charge in [0.2, 0.25) is 0 Å². The molecule has 0 aromatic heterocycles. The molecule has 1 aromatic rings. The highest BCUT2D eigenvalue weighted by atomic mass is 35.5. The first-order chi connectivity index (χ1) is 8.86. The maximum atomic E-state index is 13.6. The molecule has 114 valence electrons. The summed E-state index contributed by atoms with van der Waals surface area (Å²) in [5, 5.41) is 3.23. The Morgan fingerprint density at radius 1 is 1.35 bits per heavy atom. The van der Waals surface area contributed by atoms with Crippen LogP contribution < -0.4 is 5.32 Å². The first kappa shape index (κ1) is 17.2. The van der Waals surface area contributed by atoms with Gasteiger partial charge in [0.05, 0.1) is 5.56 Å². The van der Waals surface area contributed by atoms with Crippen LogP contribution in [0.2, 0.25) is 0 Å². The van der Waals surface area contributed by atoms with Crippen molar-refractivity contribution in [3.63, 3.8) is 0 Å². The average molecular weight is 313 g/mol. The van der Waals surface area contributed by atoms with Crippen LogP contribution >= 0.6 is 12.4 Å². The van der Waals surface area contributed by atoms with Crippen molar-refractivity contribution in [2.45, 2.75) is 25.7 Å². The highest BCUT2D eigenvalue weighted by molar-refractivity contribution is 5.85. The van der Waals surface area contributed by atoms with E-state index in [1.165, 1.54) is 0 Å². The van der Waals surface area contributed by atoms with E-state index in [2.05, 4.69) is 5.32 Å². The molecule has 1 aromatic carbocycles. The Bertz CT molecular complexity index is 450. The topological polar surface area (TPSA) is 15.3 Å². The lowest BCUT2D eigenvalue weighted by Gasteiger charge is -2.32. The van der Waals surface area contributed by atoms with Gasteiger partial charge in [-0.05, 0) is 25.1 Å². The van der Waals surface area contributed by atoms with E-state index in [0.29, 0.717) is 13.1 Å². The summed E-state index contributed by atoms with van der Waals surface area (Å²) in [6.07, 6.45) is -4.43. The minimum atomic E-state index is -4.43. The van der Waals surface area contributed by atoms with E-state index in [1.807, 2.05) is 11.8 Å². The van der Waals surface area contributed by atoms with Gasteiger partial charge in [0.15, 0.2) is 0 Å². The van der Waals surface area contributed by atoms with Gasteiger partial charge in [-0.3, -0.25) is 4.90 Å². The second-order valence-corrected chi connectivity index (χ2v) is 4.89. The maximum Gasteiger partial charge on any atom is 0.416 e. The molecule has 1 N–H and O–H groups in total. The van der Waals surface area contributed by atoms with E-state index in [1.54, 1.807) is 0 Å². The van der Waals surface area contributed by atoms with E-state index < -0.39 is 17.6 Å². The van der Waals surface area contributed by atoms with Crippen molar-refractivity contribution in [3.8, 4) is 0 Å². The molecule has 1 atom stereocenters. The molecule has 1 aliphatic heterocycles. The molecule has 0 amide bonds. The molecule has 2 nitrogen and oxygen atoms in total. The van der Waals surface area contributed by atoms with Gasteiger partial charge in [0.25, 0.3) is 0 Å². The van der Waals surface area contributed by atoms with E-state index in [0.717, 1.165) is 24.7 Å². The molecule has 7 heteroatoms. The van der Waals surface area contributed by atoms with Gasteiger partial charge in [-0.2, -0.15) is 13.2 Å². The Kier molecular flexibility index (Phi) is 5.79. The average Bonchev–Trinajstić information content (AvgIpc) is 2.30. The van der Waals surface area contributed by atoms with Crippen molar-refractivity contribution in [3.05, 3.63) is 35.1 Å². The lowest BCUT2D eigenvalue weighted by molar-refractivity contribution is -0.137. The second kappa shape index (κ2) is 6.74. The fraction of sp³-hybridized carbons (Fsp3) is 0.538. The SMILES string of the molecule is C[C@H]1CN(Cc2cc(C(F)(F)F)ccc2F)CCN1.Cl. The Balaban J connectivity index is 0.00000200. The third-order valence-electron chi connectivity index (χ3n) is 3.22. The van der Waals surface area contributed by atoms with Crippen LogP contribution in [0.4, 0.5) is 17.6 Å². The van der Waals surface area contributed by atoms with Gasteiger partial charge in [0.1, 0.15) is 5.82 Å². The minimum absolute atomic E-state index is 0. The first-order valence-electron chi connectivity index (χ1n) is 6.17. The highest BCUT2D eigenvalue weighted by Gasteiger charge is 2.31. The van der Waals surface area contributed by atoms with E-state index in [9.17, 15) is 17.6 Å². The van der Waals surface area contributed by atoms with Gasteiger partial charge < -0.3 is 5.32 Å². The fourth-order valence-electron chi connectivity index (χ4n) is 2.27. The molecular formula is C13H17ClF4N2. The lowest BCUT2D eigenvalue weighted by Crippen LogP contribution is -2.48. The smallest absolute Gasteiger partial charge is 0.312 e. The van der Waals surface area contributed by atoms with Gasteiger partial charge in [-0.1, -0.05) is 0 Å². The molecule has 0 radical (unpaired) electrons. The van der Waals surface area contributed by atoms with Crippen LogP contribution in [0.15, 0.2) is 18.2 Å². The third-order valence-corrected chi connectivity index (χ3v) is 3.22. The number of halogens is 5. The monoisotopic (exact) mass is 312 g/mol. The van der Waals surface area contributed by atoms with Crippen LogP contribution in [0, 0.1) is 5.82 Å². The Morgan fingerprint density at radius 3 is 2.65 bits per heavy atom. The molecule has 0 unspecified atom stereocenters. The molecule has 1 fully saturated rings. The molecular weight excluding hydrogens is 296 g/mol. The minimum Gasteiger partial charge on any atom is -0.312 e. The van der Waals surface area contributed by atoms with Crippen molar-refractivity contribution in [2.75, 3.05) is 19.6 Å². The molecule has 0 spiro atoms. The molecule has 1 heterocycles. The number of rotatable bonds is 2. The fourth-order valence-corrected chi connectivity index (χ4v) is 2.27. The maximum absolute atomic E-state index is 13.6. The molecule has 0 aliphatic carbocycles. The van der Waals surface area contributed by atoms with Crippen molar-refractivity contribution in [1.29, 1.82) is 0 Å². The number of nitrogens with one attached hydrogen (secondary N) is 1. The van der Waals surface area contributed by atoms with Crippen LogP contribution in [0.1, 0.15) is 18.1 Å². The quantitative estimate of drug-likeness (QED) is 0.844. The summed E-state index contributed by atoms with van der Waals surface area (Å²) in [4.78, 5) is 1.96. The number of hydrogen-bond acceptors (Lipinski definition) is 2. The summed E-state index contributed by atoms with van der Waals surface area (Å²) < 4.78 is 51.4. The van der Waals surface area contributed by atoms with Gasteiger partial charge in [-0.25, -0.2) is 4.39 Å². The number of piperazine rings is 1. The van der Waals surface area contributed by atoms with Crippen molar-refractivity contribution in [2.24, 2.45) is 0 Å². The third kappa shape index (κ3) is 4.33. The predicted octanol–water partition coefficient (Wildman–Crippen LogP) is 3.06. The highest BCUT2D eigenvalue weighted by Crippen LogP contribution is 2.30. The standard InChI is InChI=1S/C13H16F4N2.ClH/c1-9-7-19(5-4-18-9)8-10-6-11(13(15,16)17)2-3-12(10)14;/h2-3,6,9,18H,4-5,7-8H2,1H3;1H/t9-;/m0./s1. The van der Waals surface area contributed by atoms with Crippen molar-refractivity contribution in [1.82, 2.24) is 10.2 Å². The molecule has 2 rings (SSSR count).